The fourth-order valence-corrected chi connectivity index (χ4v) is 4.68. The minimum absolute atomic E-state index is 0.221. The molecule has 2 N–H and O–H groups in total. The molecule has 0 spiro atoms. The van der Waals surface area contributed by atoms with Gasteiger partial charge in [0, 0.05) is 42.5 Å². The van der Waals surface area contributed by atoms with Gasteiger partial charge in [-0.1, -0.05) is 5.16 Å². The van der Waals surface area contributed by atoms with Gasteiger partial charge in [-0.2, -0.15) is 5.10 Å². The van der Waals surface area contributed by atoms with E-state index in [0.29, 0.717) is 41.4 Å². The number of carbonyl (C=O) groups excluding carboxylic acids is 1. The summed E-state index contributed by atoms with van der Waals surface area (Å²) in [6.07, 6.45) is 1.70. The normalized spacial score (nSPS) is 16.3. The average Bonchev–Trinajstić information content (AvgIpc) is 3.32. The summed E-state index contributed by atoms with van der Waals surface area (Å²) in [6, 6.07) is 9.12. The fourth-order valence-electron chi connectivity index (χ4n) is 3.37. The van der Waals surface area contributed by atoms with Gasteiger partial charge in [-0.15, -0.1) is 0 Å². The maximum Gasteiger partial charge on any atom is 0.276 e. The highest BCUT2D eigenvalue weighted by Crippen LogP contribution is 2.27. The zero-order chi connectivity index (χ0) is 20.0. The molecule has 0 saturated carbocycles. The van der Waals surface area contributed by atoms with Gasteiger partial charge in [-0.25, -0.2) is 0 Å². The molecule has 3 aromatic heterocycles. The minimum atomic E-state index is -2.07. The molecule has 0 bridgehead atoms. The lowest BCUT2D eigenvalue weighted by molar-refractivity contribution is 0.0762. The van der Waals surface area contributed by atoms with Crippen LogP contribution in [0.2, 0.25) is 0 Å². The SMILES string of the molecule is C=S1(=O)CCN(C(=O)c2noc3cc(Nc4n[nH]c5cccnc45)ccc23)CC1. The van der Waals surface area contributed by atoms with E-state index < -0.39 is 9.52 Å². The summed E-state index contributed by atoms with van der Waals surface area (Å²) in [5, 5.41) is 15.0. The monoisotopic (exact) mass is 410 g/mol. The van der Waals surface area contributed by atoms with Crippen LogP contribution in [0.1, 0.15) is 10.5 Å². The molecule has 4 aromatic rings. The molecule has 1 amide bonds. The number of pyridine rings is 1. The van der Waals surface area contributed by atoms with Gasteiger partial charge in [0.05, 0.1) is 10.9 Å². The number of carbonyl (C=O) groups is 1. The maximum absolute atomic E-state index is 12.8. The van der Waals surface area contributed by atoms with E-state index in [1.54, 1.807) is 23.2 Å². The molecule has 0 aliphatic carbocycles. The molecule has 29 heavy (non-hydrogen) atoms. The van der Waals surface area contributed by atoms with E-state index >= 15 is 0 Å². The first-order valence-corrected chi connectivity index (χ1v) is 11.1. The Morgan fingerprint density at radius 1 is 1.28 bits per heavy atom. The number of aromatic nitrogens is 4. The van der Waals surface area contributed by atoms with Gasteiger partial charge >= 0.3 is 0 Å². The molecule has 1 saturated heterocycles. The quantitative estimate of drug-likeness (QED) is 0.496. The first-order valence-electron chi connectivity index (χ1n) is 9.08. The van der Waals surface area contributed by atoms with Crippen LogP contribution in [-0.4, -0.2) is 65.8 Å². The number of nitrogens with zero attached hydrogens (tertiary/aromatic N) is 4. The van der Waals surface area contributed by atoms with Crippen molar-refractivity contribution in [1.29, 1.82) is 0 Å². The number of benzene rings is 1. The molecule has 1 fully saturated rings. The van der Waals surface area contributed by atoms with Crippen molar-refractivity contribution in [2.24, 2.45) is 0 Å². The Balaban J connectivity index is 1.40. The van der Waals surface area contributed by atoms with Gasteiger partial charge in [-0.05, 0) is 39.7 Å². The van der Waals surface area contributed by atoms with E-state index in [0.717, 1.165) is 16.7 Å². The molecule has 9 nitrogen and oxygen atoms in total. The van der Waals surface area contributed by atoms with Crippen LogP contribution in [0.4, 0.5) is 11.5 Å². The van der Waals surface area contributed by atoms with Crippen LogP contribution >= 0.6 is 0 Å². The Labute approximate surface area is 166 Å². The molecule has 0 atom stereocenters. The van der Waals surface area contributed by atoms with Gasteiger partial charge in [0.25, 0.3) is 5.91 Å². The van der Waals surface area contributed by atoms with Gasteiger partial charge in [0.15, 0.2) is 17.1 Å². The Hall–Kier alpha value is -3.40. The number of fused-ring (bicyclic) bond motifs is 2. The molecule has 10 heteroatoms. The third-order valence-electron chi connectivity index (χ3n) is 5.01. The molecular weight excluding hydrogens is 392 g/mol. The first-order chi connectivity index (χ1) is 14.0. The molecule has 4 heterocycles. The third kappa shape index (κ3) is 3.21. The molecular formula is C19H18N6O3S. The Morgan fingerprint density at radius 2 is 2.10 bits per heavy atom. The van der Waals surface area contributed by atoms with Crippen molar-refractivity contribution in [3.63, 3.8) is 0 Å². The van der Waals surface area contributed by atoms with Crippen molar-refractivity contribution in [3.8, 4) is 0 Å². The highest BCUT2D eigenvalue weighted by atomic mass is 32.2. The number of aromatic amines is 1. The molecule has 0 radical (unpaired) electrons. The molecule has 148 valence electrons. The second kappa shape index (κ2) is 6.59. The number of amides is 1. The van der Waals surface area contributed by atoms with Crippen LogP contribution in [0.5, 0.6) is 0 Å². The van der Waals surface area contributed by atoms with Gasteiger partial charge in [-0.3, -0.25) is 19.1 Å². The van der Waals surface area contributed by atoms with E-state index in [1.807, 2.05) is 18.2 Å². The lowest BCUT2D eigenvalue weighted by Crippen LogP contribution is -2.43. The summed E-state index contributed by atoms with van der Waals surface area (Å²) >= 11 is 0. The van der Waals surface area contributed by atoms with Crippen molar-refractivity contribution >= 4 is 54.8 Å². The topological polar surface area (TPSA) is 117 Å². The van der Waals surface area contributed by atoms with Crippen LogP contribution in [0.3, 0.4) is 0 Å². The van der Waals surface area contributed by atoms with Crippen molar-refractivity contribution < 1.29 is 13.5 Å². The van der Waals surface area contributed by atoms with E-state index in [2.05, 4.69) is 31.5 Å². The lowest BCUT2D eigenvalue weighted by Gasteiger charge is -2.28. The second-order valence-corrected chi connectivity index (χ2v) is 9.75. The average molecular weight is 410 g/mol. The maximum atomic E-state index is 12.8. The number of hydrogen-bond acceptors (Lipinski definition) is 7. The van der Waals surface area contributed by atoms with E-state index in [1.165, 1.54) is 0 Å². The summed E-state index contributed by atoms with van der Waals surface area (Å²) in [5.74, 6) is 4.93. The zero-order valence-corrected chi connectivity index (χ0v) is 16.2. The standard InChI is InChI=1S/C19H18N6O3S/c1-29(27)9-7-25(8-10-29)19(26)16-13-5-4-12(11-15(13)28-24-16)21-18-17-14(22-23-18)3-2-6-20-17/h2-6,11H,1,7-10H2,(H2,21,22,23). The van der Waals surface area contributed by atoms with E-state index in [-0.39, 0.29) is 11.6 Å². The van der Waals surface area contributed by atoms with E-state index in [9.17, 15) is 9.00 Å². The summed E-state index contributed by atoms with van der Waals surface area (Å²) in [5.41, 5.74) is 3.05. The zero-order valence-electron chi connectivity index (χ0n) is 15.4. The van der Waals surface area contributed by atoms with E-state index in [4.69, 9.17) is 4.52 Å². The predicted molar refractivity (Wildman–Crippen MR) is 112 cm³/mol. The van der Waals surface area contributed by atoms with Crippen LogP contribution in [0.15, 0.2) is 41.1 Å². The summed E-state index contributed by atoms with van der Waals surface area (Å²) in [4.78, 5) is 18.8. The van der Waals surface area contributed by atoms with Crippen molar-refractivity contribution in [3.05, 3.63) is 42.2 Å². The Morgan fingerprint density at radius 3 is 2.93 bits per heavy atom. The predicted octanol–water partition coefficient (Wildman–Crippen LogP) is 2.01. The molecule has 1 aliphatic rings. The van der Waals surface area contributed by atoms with Gasteiger partial charge in [0.1, 0.15) is 5.52 Å². The summed E-state index contributed by atoms with van der Waals surface area (Å²) < 4.78 is 17.4. The summed E-state index contributed by atoms with van der Waals surface area (Å²) in [7, 11) is -2.07. The number of hydrogen-bond donors (Lipinski definition) is 2. The van der Waals surface area contributed by atoms with Gasteiger partial charge < -0.3 is 14.7 Å². The molecule has 0 unspecified atom stereocenters. The molecule has 5 rings (SSSR count). The van der Waals surface area contributed by atoms with Crippen molar-refractivity contribution in [2.75, 3.05) is 29.9 Å². The lowest BCUT2D eigenvalue weighted by atomic mass is 10.2. The van der Waals surface area contributed by atoms with Gasteiger partial charge in [0.2, 0.25) is 0 Å². The second-order valence-electron chi connectivity index (χ2n) is 7.01. The minimum Gasteiger partial charge on any atom is -0.355 e. The number of rotatable bonds is 3. The smallest absolute Gasteiger partial charge is 0.276 e. The Kier molecular flexibility index (Phi) is 4.02. The highest BCUT2D eigenvalue weighted by molar-refractivity contribution is 8.00. The van der Waals surface area contributed by atoms with Crippen LogP contribution in [0, 0.1) is 0 Å². The Bertz CT molecular complexity index is 1330. The molecule has 1 aliphatic heterocycles. The number of H-pyrrole nitrogens is 1. The van der Waals surface area contributed by atoms with Crippen LogP contribution in [-0.2, 0) is 9.52 Å². The molecule has 1 aromatic carbocycles. The van der Waals surface area contributed by atoms with Crippen molar-refractivity contribution in [1.82, 2.24) is 25.2 Å². The van der Waals surface area contributed by atoms with Crippen molar-refractivity contribution in [2.45, 2.75) is 0 Å². The fraction of sp³-hybridized carbons (Fsp3) is 0.211. The summed E-state index contributed by atoms with van der Waals surface area (Å²) in [6.45, 7) is 0.822. The third-order valence-corrected chi connectivity index (χ3v) is 6.86. The number of anilines is 2. The number of nitrogens with one attached hydrogen (secondary N) is 2. The van der Waals surface area contributed by atoms with Crippen LogP contribution < -0.4 is 5.32 Å². The largest absolute Gasteiger partial charge is 0.355 e. The van der Waals surface area contributed by atoms with Crippen LogP contribution in [0.25, 0.3) is 22.0 Å². The first kappa shape index (κ1) is 17.7. The highest BCUT2D eigenvalue weighted by Gasteiger charge is 2.26.